The minimum absolute atomic E-state index is 0.346. The molecule has 0 unspecified atom stereocenters. The molecule has 6 heteroatoms. The molecule has 0 fully saturated rings. The summed E-state index contributed by atoms with van der Waals surface area (Å²) in [5.41, 5.74) is 6.27. The van der Waals surface area contributed by atoms with Crippen LogP contribution in [0.25, 0.3) is 0 Å². The quantitative estimate of drug-likeness (QED) is 0.585. The SMILES string of the molecule is CCOC(=O)c1sc(NCCCN(C)C)cc1N. The van der Waals surface area contributed by atoms with Crippen LogP contribution in [0.2, 0.25) is 0 Å². The second-order valence-corrected chi connectivity index (χ2v) is 5.25. The van der Waals surface area contributed by atoms with E-state index in [0.29, 0.717) is 17.2 Å². The number of nitrogens with two attached hydrogens (primary N) is 1. The monoisotopic (exact) mass is 271 g/mol. The van der Waals surface area contributed by atoms with E-state index in [1.165, 1.54) is 11.3 Å². The van der Waals surface area contributed by atoms with Gasteiger partial charge in [0.25, 0.3) is 0 Å². The fourth-order valence-electron chi connectivity index (χ4n) is 1.46. The molecular formula is C12H21N3O2S. The Hall–Kier alpha value is -1.27. The van der Waals surface area contributed by atoms with Crippen LogP contribution in [-0.4, -0.2) is 44.7 Å². The van der Waals surface area contributed by atoms with Gasteiger partial charge in [0, 0.05) is 6.54 Å². The Morgan fingerprint density at radius 3 is 2.89 bits per heavy atom. The zero-order valence-electron chi connectivity index (χ0n) is 11.2. The van der Waals surface area contributed by atoms with Crippen molar-refractivity contribution in [2.75, 3.05) is 44.8 Å². The van der Waals surface area contributed by atoms with Crippen molar-refractivity contribution in [1.82, 2.24) is 4.90 Å². The lowest BCUT2D eigenvalue weighted by atomic mass is 10.4. The largest absolute Gasteiger partial charge is 0.462 e. The molecule has 0 aliphatic carbocycles. The number of carbonyl (C=O) groups is 1. The second-order valence-electron chi connectivity index (χ2n) is 4.20. The zero-order chi connectivity index (χ0) is 13.5. The lowest BCUT2D eigenvalue weighted by Gasteiger charge is -2.09. The van der Waals surface area contributed by atoms with Gasteiger partial charge in [-0.05, 0) is 40.1 Å². The van der Waals surface area contributed by atoms with Crippen molar-refractivity contribution in [2.45, 2.75) is 13.3 Å². The Morgan fingerprint density at radius 1 is 1.56 bits per heavy atom. The van der Waals surface area contributed by atoms with E-state index in [4.69, 9.17) is 10.5 Å². The molecule has 1 rings (SSSR count). The molecule has 0 saturated heterocycles. The minimum Gasteiger partial charge on any atom is -0.462 e. The Balaban J connectivity index is 2.48. The van der Waals surface area contributed by atoms with E-state index in [2.05, 4.69) is 10.2 Å². The Kier molecular flexibility index (Phi) is 5.94. The fraction of sp³-hybridized carbons (Fsp3) is 0.583. The highest BCUT2D eigenvalue weighted by molar-refractivity contribution is 7.18. The molecule has 0 aliphatic rings. The van der Waals surface area contributed by atoms with E-state index in [-0.39, 0.29) is 5.97 Å². The number of anilines is 2. The average Bonchev–Trinajstić information content (AvgIpc) is 2.66. The van der Waals surface area contributed by atoms with Gasteiger partial charge in [0.15, 0.2) is 0 Å². The van der Waals surface area contributed by atoms with Crippen LogP contribution >= 0.6 is 11.3 Å². The number of nitrogen functional groups attached to an aromatic ring is 1. The van der Waals surface area contributed by atoms with Crippen molar-refractivity contribution in [2.24, 2.45) is 0 Å². The first-order valence-electron chi connectivity index (χ1n) is 5.99. The molecule has 0 bridgehead atoms. The molecule has 102 valence electrons. The van der Waals surface area contributed by atoms with Crippen LogP contribution in [0.4, 0.5) is 10.7 Å². The van der Waals surface area contributed by atoms with Gasteiger partial charge in [0.1, 0.15) is 4.88 Å². The molecule has 1 aromatic heterocycles. The third kappa shape index (κ3) is 4.54. The summed E-state index contributed by atoms with van der Waals surface area (Å²) >= 11 is 1.34. The van der Waals surface area contributed by atoms with E-state index in [9.17, 15) is 4.79 Å². The van der Waals surface area contributed by atoms with E-state index in [0.717, 1.165) is 24.5 Å². The number of thiophene rings is 1. The first-order valence-corrected chi connectivity index (χ1v) is 6.81. The maximum absolute atomic E-state index is 11.6. The maximum Gasteiger partial charge on any atom is 0.350 e. The standard InChI is InChI=1S/C12H21N3O2S/c1-4-17-12(16)11-9(13)8-10(18-11)14-6-5-7-15(2)3/h8,14H,4-7,13H2,1-3H3. The minimum atomic E-state index is -0.346. The number of esters is 1. The predicted octanol–water partition coefficient (Wildman–Crippen LogP) is 1.87. The predicted molar refractivity (Wildman–Crippen MR) is 76.3 cm³/mol. The molecule has 1 heterocycles. The van der Waals surface area contributed by atoms with Crippen LogP contribution in [0.15, 0.2) is 6.07 Å². The summed E-state index contributed by atoms with van der Waals surface area (Å²) in [6.45, 7) is 4.03. The van der Waals surface area contributed by atoms with Crippen molar-refractivity contribution in [1.29, 1.82) is 0 Å². The number of hydrogen-bond acceptors (Lipinski definition) is 6. The van der Waals surface area contributed by atoms with Gasteiger partial charge in [-0.2, -0.15) is 0 Å². The lowest BCUT2D eigenvalue weighted by Crippen LogP contribution is -2.16. The van der Waals surface area contributed by atoms with Crippen LogP contribution in [0.5, 0.6) is 0 Å². The highest BCUT2D eigenvalue weighted by atomic mass is 32.1. The number of nitrogens with one attached hydrogen (secondary N) is 1. The average molecular weight is 271 g/mol. The van der Waals surface area contributed by atoms with Gasteiger partial charge < -0.3 is 20.7 Å². The summed E-state index contributed by atoms with van der Waals surface area (Å²) in [7, 11) is 4.09. The van der Waals surface area contributed by atoms with Gasteiger partial charge in [0.05, 0.1) is 17.3 Å². The maximum atomic E-state index is 11.6. The number of ether oxygens (including phenoxy) is 1. The zero-order valence-corrected chi connectivity index (χ0v) is 12.0. The van der Waals surface area contributed by atoms with Gasteiger partial charge in [-0.15, -0.1) is 11.3 Å². The van der Waals surface area contributed by atoms with Crippen molar-refractivity contribution >= 4 is 28.0 Å². The van der Waals surface area contributed by atoms with Crippen molar-refractivity contribution in [3.05, 3.63) is 10.9 Å². The van der Waals surface area contributed by atoms with Gasteiger partial charge in [-0.25, -0.2) is 4.79 Å². The molecule has 0 saturated carbocycles. The van der Waals surface area contributed by atoms with Crippen LogP contribution in [0.1, 0.15) is 23.0 Å². The van der Waals surface area contributed by atoms with Crippen LogP contribution in [0, 0.1) is 0 Å². The highest BCUT2D eigenvalue weighted by Crippen LogP contribution is 2.29. The number of hydrogen-bond donors (Lipinski definition) is 2. The molecular weight excluding hydrogens is 250 g/mol. The molecule has 0 radical (unpaired) electrons. The molecule has 0 atom stereocenters. The normalized spacial score (nSPS) is 10.7. The van der Waals surface area contributed by atoms with E-state index < -0.39 is 0 Å². The Bertz CT molecular complexity index is 391. The molecule has 0 aliphatic heterocycles. The molecule has 0 spiro atoms. The molecule has 3 N–H and O–H groups in total. The molecule has 0 amide bonds. The summed E-state index contributed by atoms with van der Waals surface area (Å²) in [5.74, 6) is -0.346. The summed E-state index contributed by atoms with van der Waals surface area (Å²) in [6.07, 6.45) is 1.04. The first-order chi connectivity index (χ1) is 8.54. The van der Waals surface area contributed by atoms with Crippen molar-refractivity contribution in [3.8, 4) is 0 Å². The van der Waals surface area contributed by atoms with Gasteiger partial charge >= 0.3 is 5.97 Å². The molecule has 1 aromatic rings. The molecule has 0 aromatic carbocycles. The van der Waals surface area contributed by atoms with E-state index in [1.807, 2.05) is 14.1 Å². The van der Waals surface area contributed by atoms with Crippen molar-refractivity contribution < 1.29 is 9.53 Å². The van der Waals surface area contributed by atoms with Gasteiger partial charge in [-0.3, -0.25) is 0 Å². The second kappa shape index (κ2) is 7.23. The summed E-state index contributed by atoms with van der Waals surface area (Å²) in [6, 6.07) is 1.78. The Morgan fingerprint density at radius 2 is 2.28 bits per heavy atom. The van der Waals surface area contributed by atoms with E-state index in [1.54, 1.807) is 13.0 Å². The number of rotatable bonds is 7. The van der Waals surface area contributed by atoms with Crippen LogP contribution in [0.3, 0.4) is 0 Å². The molecule has 5 nitrogen and oxygen atoms in total. The first kappa shape index (κ1) is 14.8. The van der Waals surface area contributed by atoms with Crippen molar-refractivity contribution in [3.63, 3.8) is 0 Å². The summed E-state index contributed by atoms with van der Waals surface area (Å²) < 4.78 is 4.94. The summed E-state index contributed by atoms with van der Waals surface area (Å²) in [5, 5.41) is 4.17. The van der Waals surface area contributed by atoms with Gasteiger partial charge in [-0.1, -0.05) is 0 Å². The van der Waals surface area contributed by atoms with Crippen LogP contribution in [-0.2, 0) is 4.74 Å². The number of nitrogens with zero attached hydrogens (tertiary/aromatic N) is 1. The van der Waals surface area contributed by atoms with E-state index >= 15 is 0 Å². The lowest BCUT2D eigenvalue weighted by molar-refractivity contribution is 0.0533. The van der Waals surface area contributed by atoms with Crippen LogP contribution < -0.4 is 11.1 Å². The number of carbonyl (C=O) groups excluding carboxylic acids is 1. The Labute approximate surface area is 112 Å². The third-order valence-electron chi connectivity index (χ3n) is 2.30. The summed E-state index contributed by atoms with van der Waals surface area (Å²) in [4.78, 5) is 14.2. The fourth-order valence-corrected chi connectivity index (χ4v) is 2.35. The highest BCUT2D eigenvalue weighted by Gasteiger charge is 2.15. The third-order valence-corrected chi connectivity index (χ3v) is 3.39. The topological polar surface area (TPSA) is 67.6 Å². The van der Waals surface area contributed by atoms with Gasteiger partial charge in [0.2, 0.25) is 0 Å². The molecule has 18 heavy (non-hydrogen) atoms. The smallest absolute Gasteiger partial charge is 0.350 e.